The summed E-state index contributed by atoms with van der Waals surface area (Å²) < 4.78 is 0. The normalized spacial score (nSPS) is 14.1. The van der Waals surface area contributed by atoms with E-state index in [4.69, 9.17) is 0 Å². The lowest BCUT2D eigenvalue weighted by molar-refractivity contribution is 0.590. The van der Waals surface area contributed by atoms with Crippen molar-refractivity contribution in [3.8, 4) is 0 Å². The molecule has 0 aliphatic carbocycles. The van der Waals surface area contributed by atoms with Gasteiger partial charge < -0.3 is 0 Å². The first-order chi connectivity index (χ1) is 11.5. The van der Waals surface area contributed by atoms with Crippen LogP contribution in [0, 0.1) is 0 Å². The van der Waals surface area contributed by atoms with Gasteiger partial charge in [-0.3, -0.25) is 0 Å². The van der Waals surface area contributed by atoms with Crippen molar-refractivity contribution in [3.05, 3.63) is 89.5 Å². The lowest BCUT2D eigenvalue weighted by Gasteiger charge is -2.28. The average Bonchev–Trinajstić information content (AvgIpc) is 2.59. The van der Waals surface area contributed by atoms with E-state index in [1.54, 1.807) is 10.4 Å². The summed E-state index contributed by atoms with van der Waals surface area (Å²) in [6.45, 7) is 6.84. The summed E-state index contributed by atoms with van der Waals surface area (Å²) in [4.78, 5) is 0. The molecule has 0 atom stereocenters. The number of benzene rings is 3. The molecule has 3 aromatic carbocycles. The van der Waals surface area contributed by atoms with Crippen molar-refractivity contribution in [1.82, 2.24) is 0 Å². The predicted octanol–water partition coefficient (Wildman–Crippen LogP) is 3.40. The fraction of sp³-hybridized carbons (Fsp3) is 0.217. The van der Waals surface area contributed by atoms with E-state index in [2.05, 4.69) is 93.6 Å². The van der Waals surface area contributed by atoms with E-state index in [1.807, 2.05) is 0 Å². The van der Waals surface area contributed by atoms with Crippen LogP contribution in [0.25, 0.3) is 0 Å². The van der Waals surface area contributed by atoms with Gasteiger partial charge in [0.1, 0.15) is 0 Å². The van der Waals surface area contributed by atoms with Crippen LogP contribution in [0.15, 0.2) is 72.8 Å². The van der Waals surface area contributed by atoms with Crippen molar-refractivity contribution in [2.75, 3.05) is 0 Å². The van der Waals surface area contributed by atoms with Gasteiger partial charge in [0.15, 0.2) is 8.80 Å². The molecule has 0 nitrogen and oxygen atoms in total. The first-order valence-electron chi connectivity index (χ1n) is 8.68. The van der Waals surface area contributed by atoms with Crippen LogP contribution in [0.3, 0.4) is 0 Å². The van der Waals surface area contributed by atoms with Crippen molar-refractivity contribution < 1.29 is 0 Å². The third kappa shape index (κ3) is 2.63. The summed E-state index contributed by atoms with van der Waals surface area (Å²) in [5.74, 6) is 0. The Hall–Kier alpha value is -2.12. The van der Waals surface area contributed by atoms with Crippen LogP contribution in [0.1, 0.15) is 37.5 Å². The molecule has 0 saturated carbocycles. The summed E-state index contributed by atoms with van der Waals surface area (Å²) in [7, 11) is -0.901. The number of fused-ring (bicyclic) bond motifs is 2. The summed E-state index contributed by atoms with van der Waals surface area (Å²) in [6, 6.07) is 27.4. The van der Waals surface area contributed by atoms with Gasteiger partial charge in [-0.25, -0.2) is 0 Å². The smallest absolute Gasteiger partial charge is 0.0623 e. The molecule has 24 heavy (non-hydrogen) atoms. The van der Waals surface area contributed by atoms with Gasteiger partial charge in [-0.1, -0.05) is 98.8 Å². The molecule has 0 bridgehead atoms. The first kappa shape index (κ1) is 15.4. The Morgan fingerprint density at radius 2 is 1.17 bits per heavy atom. The highest BCUT2D eigenvalue weighted by Gasteiger charge is 2.28. The monoisotopic (exact) mass is 327 g/mol. The fourth-order valence-electron chi connectivity index (χ4n) is 3.63. The maximum absolute atomic E-state index is 2.37. The molecule has 119 valence electrons. The highest BCUT2D eigenvalue weighted by Crippen LogP contribution is 2.21. The van der Waals surface area contributed by atoms with E-state index in [1.165, 1.54) is 21.9 Å². The molecule has 4 rings (SSSR count). The molecule has 0 fully saturated rings. The Balaban J connectivity index is 1.86. The van der Waals surface area contributed by atoms with Gasteiger partial charge in [0, 0.05) is 0 Å². The van der Waals surface area contributed by atoms with Crippen LogP contribution in [0.4, 0.5) is 0 Å². The second-order valence-corrected chi connectivity index (χ2v) is 10.1. The van der Waals surface area contributed by atoms with E-state index in [-0.39, 0.29) is 5.41 Å². The molecule has 1 aliphatic rings. The van der Waals surface area contributed by atoms with Crippen molar-refractivity contribution in [2.24, 2.45) is 0 Å². The third-order valence-corrected chi connectivity index (χ3v) is 7.96. The quantitative estimate of drug-likeness (QED) is 0.470. The van der Waals surface area contributed by atoms with Gasteiger partial charge in [-0.15, -0.1) is 0 Å². The zero-order valence-electron chi connectivity index (χ0n) is 14.6. The second kappa shape index (κ2) is 5.75. The van der Waals surface area contributed by atoms with E-state index in [0.29, 0.717) is 0 Å². The highest BCUT2D eigenvalue weighted by atomic mass is 28.3. The summed E-state index contributed by atoms with van der Waals surface area (Å²) >= 11 is 0. The largest absolute Gasteiger partial charge is 0.155 e. The maximum atomic E-state index is 2.37. The highest BCUT2D eigenvalue weighted by molar-refractivity contribution is 6.96. The van der Waals surface area contributed by atoms with Crippen LogP contribution in [0.2, 0.25) is 0 Å². The molecular weight excluding hydrogens is 304 g/mol. The predicted molar refractivity (Wildman–Crippen MR) is 105 cm³/mol. The summed E-state index contributed by atoms with van der Waals surface area (Å²) in [5, 5.41) is 4.61. The molecule has 0 saturated heterocycles. The van der Waals surface area contributed by atoms with Crippen molar-refractivity contribution in [1.29, 1.82) is 0 Å². The molecule has 0 N–H and O–H groups in total. The zero-order chi connectivity index (χ0) is 16.7. The molecular formula is C23H23Si. The molecule has 0 spiro atoms. The molecule has 1 radical (unpaired) electrons. The van der Waals surface area contributed by atoms with Crippen LogP contribution in [-0.4, -0.2) is 8.80 Å². The molecule has 0 amide bonds. The maximum Gasteiger partial charge on any atom is 0.155 e. The zero-order valence-corrected chi connectivity index (χ0v) is 15.6. The Bertz CT molecular complexity index is 824. The molecule has 3 aromatic rings. The Morgan fingerprint density at radius 3 is 1.67 bits per heavy atom. The van der Waals surface area contributed by atoms with Crippen LogP contribution < -0.4 is 15.6 Å². The van der Waals surface area contributed by atoms with Gasteiger partial charge >= 0.3 is 0 Å². The minimum atomic E-state index is -0.901. The molecule has 1 aliphatic heterocycles. The van der Waals surface area contributed by atoms with Crippen molar-refractivity contribution >= 4 is 24.4 Å². The van der Waals surface area contributed by atoms with E-state index < -0.39 is 8.80 Å². The van der Waals surface area contributed by atoms with E-state index >= 15 is 0 Å². The minimum Gasteiger partial charge on any atom is -0.0623 e. The Kier molecular flexibility index (Phi) is 3.69. The average molecular weight is 328 g/mol. The number of rotatable bonds is 1. The Morgan fingerprint density at radius 1 is 0.667 bits per heavy atom. The summed E-state index contributed by atoms with van der Waals surface area (Å²) in [5.41, 5.74) is 4.62. The van der Waals surface area contributed by atoms with Gasteiger partial charge in [-0.05, 0) is 38.9 Å². The van der Waals surface area contributed by atoms with Gasteiger partial charge in [-0.2, -0.15) is 0 Å². The molecule has 0 aromatic heterocycles. The van der Waals surface area contributed by atoms with Gasteiger partial charge in [0.05, 0.1) is 0 Å². The minimum absolute atomic E-state index is 0.207. The standard InChI is InChI=1S/C23H23Si/c1-23(2,3)19-12-14-20(15-13-19)24-21-10-6-4-8-17(21)16-18-9-5-7-11-22(18)24/h4-15H,16H2,1-3H3. The van der Waals surface area contributed by atoms with Crippen LogP contribution >= 0.6 is 0 Å². The van der Waals surface area contributed by atoms with Gasteiger partial charge in [0.2, 0.25) is 0 Å². The number of hydrogen-bond donors (Lipinski definition) is 0. The second-order valence-electron chi connectivity index (χ2n) is 7.69. The Labute approximate surface area is 146 Å². The topological polar surface area (TPSA) is 0 Å². The summed E-state index contributed by atoms with van der Waals surface area (Å²) in [6.07, 6.45) is 1.07. The van der Waals surface area contributed by atoms with E-state index in [0.717, 1.165) is 6.42 Å². The van der Waals surface area contributed by atoms with Gasteiger partial charge in [0.25, 0.3) is 0 Å². The molecule has 0 unspecified atom stereocenters. The van der Waals surface area contributed by atoms with Crippen molar-refractivity contribution in [3.63, 3.8) is 0 Å². The molecule has 1 heterocycles. The third-order valence-electron chi connectivity index (χ3n) is 4.99. The fourth-order valence-corrected chi connectivity index (χ4v) is 6.56. The number of hydrogen-bond acceptors (Lipinski definition) is 0. The van der Waals surface area contributed by atoms with Crippen molar-refractivity contribution in [2.45, 2.75) is 32.6 Å². The van der Waals surface area contributed by atoms with Crippen LogP contribution in [-0.2, 0) is 11.8 Å². The lowest BCUT2D eigenvalue weighted by Crippen LogP contribution is -2.56. The van der Waals surface area contributed by atoms with E-state index in [9.17, 15) is 0 Å². The SMILES string of the molecule is CC(C)(C)c1ccc([Si]2c3ccccc3Cc3ccccc32)cc1. The van der Waals surface area contributed by atoms with Crippen LogP contribution in [0.5, 0.6) is 0 Å². The molecule has 1 heteroatoms. The first-order valence-corrected chi connectivity index (χ1v) is 10.2. The lowest BCUT2D eigenvalue weighted by atomic mass is 9.87.